The third kappa shape index (κ3) is 4.70. The average Bonchev–Trinajstić information content (AvgIpc) is 3.34. The van der Waals surface area contributed by atoms with Crippen molar-refractivity contribution in [2.75, 3.05) is 42.7 Å². The van der Waals surface area contributed by atoms with Crippen LogP contribution >= 0.6 is 22.7 Å². The fourth-order valence-corrected chi connectivity index (χ4v) is 6.52. The van der Waals surface area contributed by atoms with Gasteiger partial charge in [0.1, 0.15) is 4.83 Å². The van der Waals surface area contributed by atoms with Gasteiger partial charge in [-0.1, -0.05) is 18.3 Å². The monoisotopic (exact) mass is 478 g/mol. The number of carbonyl (C=O) groups excluding carboxylic acids is 1. The molecule has 1 aliphatic rings. The van der Waals surface area contributed by atoms with Gasteiger partial charge in [-0.3, -0.25) is 4.79 Å². The Morgan fingerprint density at radius 1 is 1.19 bits per heavy atom. The molecule has 0 aliphatic carbocycles. The van der Waals surface area contributed by atoms with Crippen LogP contribution in [0.25, 0.3) is 9.53 Å². The molecule has 0 spiro atoms. The van der Waals surface area contributed by atoms with Crippen LogP contribution in [0.4, 0.5) is 10.8 Å². The second kappa shape index (κ2) is 8.76. The van der Waals surface area contributed by atoms with E-state index in [4.69, 9.17) is 0 Å². The second-order valence-electron chi connectivity index (χ2n) is 7.80. The molecule has 0 saturated carbocycles. The molecule has 1 aliphatic heterocycles. The number of benzene rings is 1. The van der Waals surface area contributed by atoms with Crippen molar-refractivity contribution in [2.45, 2.75) is 30.7 Å². The Hall–Kier alpha value is -2.17. The number of carbonyl (C=O) groups is 1. The maximum atomic E-state index is 12.7. The second-order valence-corrected chi connectivity index (χ2v) is 12.1. The van der Waals surface area contributed by atoms with E-state index in [9.17, 15) is 13.2 Å². The predicted molar refractivity (Wildman–Crippen MR) is 129 cm³/mol. The van der Waals surface area contributed by atoms with Crippen molar-refractivity contribution in [2.24, 2.45) is 0 Å². The highest BCUT2D eigenvalue weighted by atomic mass is 32.2. The van der Waals surface area contributed by atoms with Crippen molar-refractivity contribution < 1.29 is 13.2 Å². The Labute approximate surface area is 190 Å². The van der Waals surface area contributed by atoms with E-state index in [0.29, 0.717) is 9.77 Å². The highest BCUT2D eigenvalue weighted by Crippen LogP contribution is 2.34. The molecule has 0 radical (unpaired) electrons. The SMILES string of the molecule is CCS(=O)(=O)c1ccc(N2CCC(NC(=O)c3cc4sc(N(C)C)nc4s3)CC2)cc1. The van der Waals surface area contributed by atoms with E-state index in [2.05, 4.69) is 15.2 Å². The number of aromatic nitrogens is 1. The van der Waals surface area contributed by atoms with Gasteiger partial charge in [-0.05, 0) is 43.2 Å². The van der Waals surface area contributed by atoms with Gasteiger partial charge in [0.15, 0.2) is 15.0 Å². The van der Waals surface area contributed by atoms with Crippen LogP contribution in [0.2, 0.25) is 0 Å². The number of thiazole rings is 1. The van der Waals surface area contributed by atoms with Crippen molar-refractivity contribution in [1.29, 1.82) is 0 Å². The Bertz CT molecular complexity index is 1140. The Morgan fingerprint density at radius 3 is 2.45 bits per heavy atom. The Morgan fingerprint density at radius 2 is 1.87 bits per heavy atom. The molecular weight excluding hydrogens is 452 g/mol. The minimum absolute atomic E-state index is 0.0332. The number of piperidine rings is 1. The molecule has 0 atom stereocenters. The van der Waals surface area contributed by atoms with Crippen LogP contribution in [0.3, 0.4) is 0 Å². The van der Waals surface area contributed by atoms with Crippen LogP contribution in [-0.2, 0) is 9.84 Å². The summed E-state index contributed by atoms with van der Waals surface area (Å²) < 4.78 is 25.0. The van der Waals surface area contributed by atoms with E-state index in [1.807, 2.05) is 37.2 Å². The largest absolute Gasteiger partial charge is 0.371 e. The van der Waals surface area contributed by atoms with E-state index < -0.39 is 9.84 Å². The molecule has 4 rings (SSSR count). The number of thiophene rings is 1. The molecular formula is C21H26N4O3S3. The first-order valence-electron chi connectivity index (χ1n) is 10.2. The number of anilines is 2. The quantitative estimate of drug-likeness (QED) is 0.583. The topological polar surface area (TPSA) is 82.6 Å². The van der Waals surface area contributed by atoms with Crippen LogP contribution in [0.1, 0.15) is 29.4 Å². The molecule has 1 amide bonds. The summed E-state index contributed by atoms with van der Waals surface area (Å²) in [6, 6.07) is 9.17. The molecule has 1 N–H and O–H groups in total. The standard InChI is InChI=1S/C21H26N4O3S3/c1-4-31(27,28)16-7-5-15(6-8-16)25-11-9-14(10-12-25)22-19(26)17-13-18-20(29-17)23-21(30-18)24(2)3/h5-8,13-14H,4,9-12H2,1-3H3,(H,22,26). The van der Waals surface area contributed by atoms with Gasteiger partial charge in [-0.25, -0.2) is 13.4 Å². The lowest BCUT2D eigenvalue weighted by atomic mass is 10.0. The third-order valence-corrected chi connectivity index (χ3v) is 9.53. The van der Waals surface area contributed by atoms with Crippen LogP contribution in [-0.4, -0.2) is 58.3 Å². The summed E-state index contributed by atoms with van der Waals surface area (Å²) >= 11 is 3.03. The molecule has 1 fully saturated rings. The summed E-state index contributed by atoms with van der Waals surface area (Å²) in [5, 5.41) is 4.11. The Kier molecular flexibility index (Phi) is 6.23. The highest BCUT2D eigenvalue weighted by Gasteiger charge is 2.23. The van der Waals surface area contributed by atoms with Gasteiger partial charge < -0.3 is 15.1 Å². The fraction of sp³-hybridized carbons (Fsp3) is 0.429. The number of fused-ring (bicyclic) bond motifs is 1. The highest BCUT2D eigenvalue weighted by molar-refractivity contribution is 7.91. The number of nitrogens with zero attached hydrogens (tertiary/aromatic N) is 3. The first-order valence-corrected chi connectivity index (χ1v) is 13.5. The Balaban J connectivity index is 1.33. The zero-order valence-corrected chi connectivity index (χ0v) is 20.2. The smallest absolute Gasteiger partial charge is 0.261 e. The third-order valence-electron chi connectivity index (χ3n) is 5.46. The van der Waals surface area contributed by atoms with Crippen LogP contribution in [0.5, 0.6) is 0 Å². The number of hydrogen-bond donors (Lipinski definition) is 1. The number of rotatable bonds is 6. The predicted octanol–water partition coefficient (Wildman–Crippen LogP) is 3.62. The van der Waals surface area contributed by atoms with Gasteiger partial charge >= 0.3 is 0 Å². The minimum Gasteiger partial charge on any atom is -0.371 e. The molecule has 0 bridgehead atoms. The average molecular weight is 479 g/mol. The maximum absolute atomic E-state index is 12.7. The maximum Gasteiger partial charge on any atom is 0.261 e. The van der Waals surface area contributed by atoms with Gasteiger partial charge in [-0.2, -0.15) is 0 Å². The van der Waals surface area contributed by atoms with Crippen LogP contribution in [0, 0.1) is 0 Å². The molecule has 3 heterocycles. The molecule has 1 aromatic carbocycles. The number of nitrogens with one attached hydrogen (secondary N) is 1. The van der Waals surface area contributed by atoms with E-state index in [1.54, 1.807) is 30.4 Å². The summed E-state index contributed by atoms with van der Waals surface area (Å²) in [5.41, 5.74) is 1.01. The molecule has 1 saturated heterocycles. The minimum atomic E-state index is -3.18. The van der Waals surface area contributed by atoms with Crippen LogP contribution < -0.4 is 15.1 Å². The first kappa shape index (κ1) is 22.0. The lowest BCUT2D eigenvalue weighted by molar-refractivity contribution is 0.0935. The fourth-order valence-electron chi connectivity index (χ4n) is 3.60. The molecule has 166 valence electrons. The van der Waals surface area contributed by atoms with Crippen molar-refractivity contribution in [3.63, 3.8) is 0 Å². The van der Waals surface area contributed by atoms with Gasteiger partial charge in [0, 0.05) is 38.9 Å². The van der Waals surface area contributed by atoms with E-state index >= 15 is 0 Å². The summed E-state index contributed by atoms with van der Waals surface area (Å²) in [6.07, 6.45) is 1.70. The van der Waals surface area contributed by atoms with Gasteiger partial charge in [0.25, 0.3) is 5.91 Å². The molecule has 7 nitrogen and oxygen atoms in total. The van der Waals surface area contributed by atoms with E-state index in [-0.39, 0.29) is 17.7 Å². The van der Waals surface area contributed by atoms with Crippen LogP contribution in [0.15, 0.2) is 35.2 Å². The molecule has 0 unspecified atom stereocenters. The van der Waals surface area contributed by atoms with E-state index in [1.165, 1.54) is 11.3 Å². The van der Waals surface area contributed by atoms with Gasteiger partial charge in [0.05, 0.1) is 20.2 Å². The zero-order valence-electron chi connectivity index (χ0n) is 17.8. The van der Waals surface area contributed by atoms with Crippen molar-refractivity contribution in [3.05, 3.63) is 35.2 Å². The molecule has 31 heavy (non-hydrogen) atoms. The lowest BCUT2D eigenvalue weighted by Gasteiger charge is -2.34. The number of amides is 1. The van der Waals surface area contributed by atoms with Crippen molar-refractivity contribution in [3.8, 4) is 0 Å². The van der Waals surface area contributed by atoms with Crippen molar-refractivity contribution >= 4 is 58.8 Å². The molecule has 2 aromatic heterocycles. The molecule has 3 aromatic rings. The normalized spacial score (nSPS) is 15.4. The zero-order chi connectivity index (χ0) is 22.2. The lowest BCUT2D eigenvalue weighted by Crippen LogP contribution is -2.44. The van der Waals surface area contributed by atoms with Crippen molar-refractivity contribution in [1.82, 2.24) is 10.3 Å². The summed E-state index contributed by atoms with van der Waals surface area (Å²) in [6.45, 7) is 3.29. The summed E-state index contributed by atoms with van der Waals surface area (Å²) in [5.74, 6) is 0.0705. The number of hydrogen-bond acceptors (Lipinski definition) is 8. The molecule has 10 heteroatoms. The summed E-state index contributed by atoms with van der Waals surface area (Å²) in [7, 11) is 0.746. The number of sulfone groups is 1. The van der Waals surface area contributed by atoms with E-state index in [0.717, 1.165) is 46.3 Å². The van der Waals surface area contributed by atoms with Gasteiger partial charge in [-0.15, -0.1) is 11.3 Å². The van der Waals surface area contributed by atoms with Gasteiger partial charge in [0.2, 0.25) is 0 Å². The first-order chi connectivity index (χ1) is 14.8. The summed E-state index contributed by atoms with van der Waals surface area (Å²) in [4.78, 5) is 23.5.